The molecule has 0 amide bonds. The summed E-state index contributed by atoms with van der Waals surface area (Å²) in [4.78, 5) is 3.98. The molecule has 0 radical (unpaired) electrons. The predicted molar refractivity (Wildman–Crippen MR) is 63.3 cm³/mol. The highest BCUT2D eigenvalue weighted by atomic mass is 32.2. The van der Waals surface area contributed by atoms with Crippen LogP contribution < -0.4 is 9.46 Å². The van der Waals surface area contributed by atoms with Gasteiger partial charge in [-0.25, -0.2) is 4.98 Å². The fourth-order valence-corrected chi connectivity index (χ4v) is 1.55. The maximum Gasteiger partial charge on any atom is 0.221 e. The number of ether oxygens (including phenoxy) is 1. The van der Waals surface area contributed by atoms with E-state index < -0.39 is 11.3 Å². The number of benzene rings is 1. The minimum atomic E-state index is -2.35. The van der Waals surface area contributed by atoms with E-state index in [1.807, 2.05) is 18.2 Å². The van der Waals surface area contributed by atoms with E-state index >= 15 is 0 Å². The monoisotopic (exact) mass is 249 g/mol. The van der Waals surface area contributed by atoms with Gasteiger partial charge in [-0.3, -0.25) is 4.21 Å². The van der Waals surface area contributed by atoms with Gasteiger partial charge < -0.3 is 14.0 Å². The Kier molecular flexibility index (Phi) is 3.69. The molecule has 5 nitrogen and oxygen atoms in total. The summed E-state index contributed by atoms with van der Waals surface area (Å²) in [6.45, 7) is 0. The Labute approximate surface area is 101 Å². The number of aromatic nitrogens is 1. The number of para-hydroxylation sites is 1. The summed E-state index contributed by atoms with van der Waals surface area (Å²) in [6, 6.07) is 12.2. The van der Waals surface area contributed by atoms with Gasteiger partial charge in [0.2, 0.25) is 5.88 Å². The van der Waals surface area contributed by atoms with Gasteiger partial charge in [-0.05, 0) is 18.2 Å². The van der Waals surface area contributed by atoms with E-state index in [4.69, 9.17) is 4.74 Å². The lowest BCUT2D eigenvalue weighted by atomic mass is 10.3. The number of pyridine rings is 1. The molecule has 0 aliphatic carbocycles. The summed E-state index contributed by atoms with van der Waals surface area (Å²) >= 11 is -2.35. The first-order valence-electron chi connectivity index (χ1n) is 4.79. The van der Waals surface area contributed by atoms with Crippen molar-refractivity contribution < 1.29 is 13.5 Å². The summed E-state index contributed by atoms with van der Waals surface area (Å²) in [5, 5.41) is 0. The molecule has 0 bridgehead atoms. The number of nitrogens with zero attached hydrogens (tertiary/aromatic N) is 1. The van der Waals surface area contributed by atoms with Crippen molar-refractivity contribution in [1.29, 1.82) is 0 Å². The summed E-state index contributed by atoms with van der Waals surface area (Å²) in [7, 11) is 0. The summed E-state index contributed by atoms with van der Waals surface area (Å²) in [6.07, 6.45) is 1.47. The fourth-order valence-electron chi connectivity index (χ4n) is 1.23. The lowest BCUT2D eigenvalue weighted by molar-refractivity contribution is 0.463. The SMILES string of the molecule is O=S([O-])Nc1ccnc(Oc2ccccc2)c1. The number of nitrogens with one attached hydrogen (secondary N) is 1. The van der Waals surface area contributed by atoms with Crippen molar-refractivity contribution in [2.45, 2.75) is 0 Å². The lowest BCUT2D eigenvalue weighted by Crippen LogP contribution is -2.02. The van der Waals surface area contributed by atoms with Crippen LogP contribution in [0, 0.1) is 0 Å². The second kappa shape index (κ2) is 5.42. The van der Waals surface area contributed by atoms with E-state index in [0.717, 1.165) is 0 Å². The largest absolute Gasteiger partial charge is 0.755 e. The summed E-state index contributed by atoms with van der Waals surface area (Å²) in [5.74, 6) is 0.965. The topological polar surface area (TPSA) is 74.3 Å². The molecule has 0 aliphatic heterocycles. The van der Waals surface area contributed by atoms with Crippen molar-refractivity contribution in [3.05, 3.63) is 48.7 Å². The standard InChI is InChI=1S/C11H10N2O3S/c14-17(15)13-9-6-7-12-11(8-9)16-10-4-2-1-3-5-10/h1-8H,(H,12,13)(H,14,15)/p-1. The molecule has 0 saturated heterocycles. The molecule has 0 aliphatic rings. The van der Waals surface area contributed by atoms with Crippen LogP contribution in [0.5, 0.6) is 11.6 Å². The first-order valence-corrected chi connectivity index (χ1v) is 5.86. The van der Waals surface area contributed by atoms with Crippen LogP contribution in [0.2, 0.25) is 0 Å². The maximum absolute atomic E-state index is 10.5. The number of hydrogen-bond acceptors (Lipinski definition) is 4. The van der Waals surface area contributed by atoms with Gasteiger partial charge in [0, 0.05) is 23.5 Å². The molecule has 1 atom stereocenters. The minimum absolute atomic E-state index is 0.326. The van der Waals surface area contributed by atoms with Crippen LogP contribution in [-0.4, -0.2) is 13.7 Å². The molecular weight excluding hydrogens is 240 g/mol. The fraction of sp³-hybridized carbons (Fsp3) is 0. The Morgan fingerprint density at radius 2 is 2.00 bits per heavy atom. The first kappa shape index (κ1) is 11.6. The third-order valence-corrected chi connectivity index (χ3v) is 2.30. The highest BCUT2D eigenvalue weighted by Crippen LogP contribution is 2.21. The van der Waals surface area contributed by atoms with Crippen molar-refractivity contribution in [2.75, 3.05) is 4.72 Å². The average Bonchev–Trinajstić information content (AvgIpc) is 2.30. The van der Waals surface area contributed by atoms with Crippen molar-refractivity contribution in [2.24, 2.45) is 0 Å². The van der Waals surface area contributed by atoms with Crippen LogP contribution in [0.15, 0.2) is 48.7 Å². The molecular formula is C11H9N2O3S-. The van der Waals surface area contributed by atoms with Gasteiger partial charge in [-0.15, -0.1) is 0 Å². The van der Waals surface area contributed by atoms with Gasteiger partial charge in [0.25, 0.3) is 0 Å². The Balaban J connectivity index is 2.14. The number of hydrogen-bond donors (Lipinski definition) is 1. The second-order valence-electron chi connectivity index (χ2n) is 3.13. The zero-order valence-electron chi connectivity index (χ0n) is 8.70. The van der Waals surface area contributed by atoms with Gasteiger partial charge in [0.05, 0.1) is 5.69 Å². The summed E-state index contributed by atoms with van der Waals surface area (Å²) < 4.78 is 28.6. The molecule has 1 N–H and O–H groups in total. The quantitative estimate of drug-likeness (QED) is 0.842. The number of anilines is 1. The highest BCUT2D eigenvalue weighted by Gasteiger charge is 1.99. The molecule has 0 saturated carbocycles. The van der Waals surface area contributed by atoms with Crippen LogP contribution >= 0.6 is 0 Å². The van der Waals surface area contributed by atoms with Crippen molar-refractivity contribution in [3.63, 3.8) is 0 Å². The van der Waals surface area contributed by atoms with Crippen LogP contribution in [-0.2, 0) is 11.3 Å². The van der Waals surface area contributed by atoms with Crippen LogP contribution in [0.1, 0.15) is 0 Å². The van der Waals surface area contributed by atoms with Crippen molar-refractivity contribution in [3.8, 4) is 11.6 Å². The molecule has 0 spiro atoms. The zero-order valence-corrected chi connectivity index (χ0v) is 9.52. The van der Waals surface area contributed by atoms with Crippen LogP contribution in [0.3, 0.4) is 0 Å². The van der Waals surface area contributed by atoms with Gasteiger partial charge >= 0.3 is 0 Å². The lowest BCUT2D eigenvalue weighted by Gasteiger charge is -2.09. The zero-order chi connectivity index (χ0) is 12.1. The third-order valence-electron chi connectivity index (χ3n) is 1.90. The van der Waals surface area contributed by atoms with Gasteiger partial charge in [-0.2, -0.15) is 0 Å². The van der Waals surface area contributed by atoms with E-state index in [9.17, 15) is 8.76 Å². The van der Waals surface area contributed by atoms with E-state index in [-0.39, 0.29) is 0 Å². The van der Waals surface area contributed by atoms with Crippen LogP contribution in [0.4, 0.5) is 5.69 Å². The third kappa shape index (κ3) is 3.54. The Morgan fingerprint density at radius 1 is 1.24 bits per heavy atom. The predicted octanol–water partition coefficient (Wildman–Crippen LogP) is 2.08. The van der Waals surface area contributed by atoms with E-state index in [1.165, 1.54) is 18.3 Å². The molecule has 2 aromatic rings. The van der Waals surface area contributed by atoms with Crippen molar-refractivity contribution >= 4 is 17.0 Å². The molecule has 17 heavy (non-hydrogen) atoms. The molecule has 1 aromatic carbocycles. The molecule has 88 valence electrons. The number of rotatable bonds is 4. The van der Waals surface area contributed by atoms with E-state index in [0.29, 0.717) is 17.3 Å². The Morgan fingerprint density at radius 3 is 2.71 bits per heavy atom. The normalized spacial score (nSPS) is 11.8. The molecule has 6 heteroatoms. The van der Waals surface area contributed by atoms with Gasteiger partial charge in [0.1, 0.15) is 5.75 Å². The van der Waals surface area contributed by atoms with E-state index in [2.05, 4.69) is 9.71 Å². The maximum atomic E-state index is 10.5. The molecule has 2 rings (SSSR count). The molecule has 1 aromatic heterocycles. The first-order chi connectivity index (χ1) is 8.24. The van der Waals surface area contributed by atoms with E-state index in [1.54, 1.807) is 12.1 Å². The molecule has 0 fully saturated rings. The van der Waals surface area contributed by atoms with Crippen LogP contribution in [0.25, 0.3) is 0 Å². The Hall–Kier alpha value is -1.92. The second-order valence-corrected chi connectivity index (χ2v) is 3.81. The minimum Gasteiger partial charge on any atom is -0.755 e. The molecule has 1 heterocycles. The molecule has 1 unspecified atom stereocenters. The van der Waals surface area contributed by atoms with Crippen molar-refractivity contribution in [1.82, 2.24) is 4.98 Å². The Bertz CT molecular complexity index is 519. The highest BCUT2D eigenvalue weighted by molar-refractivity contribution is 7.80. The summed E-state index contributed by atoms with van der Waals surface area (Å²) in [5.41, 5.74) is 0.402. The van der Waals surface area contributed by atoms with Gasteiger partial charge in [-0.1, -0.05) is 18.2 Å². The average molecular weight is 249 g/mol. The van der Waals surface area contributed by atoms with Gasteiger partial charge in [0.15, 0.2) is 0 Å². The smallest absolute Gasteiger partial charge is 0.221 e.